The van der Waals surface area contributed by atoms with E-state index in [1.54, 1.807) is 11.3 Å². The van der Waals surface area contributed by atoms with E-state index >= 15 is 0 Å². The van der Waals surface area contributed by atoms with Crippen LogP contribution in [0.15, 0.2) is 29.8 Å². The van der Waals surface area contributed by atoms with Crippen molar-refractivity contribution in [2.45, 2.75) is 0 Å². The number of rotatable bonds is 0. The molecule has 4 heteroatoms. The monoisotopic (exact) mass is 295 g/mol. The van der Waals surface area contributed by atoms with Gasteiger partial charge in [0.25, 0.3) is 0 Å². The normalized spacial score (nSPS) is 8.36. The van der Waals surface area contributed by atoms with Crippen molar-refractivity contribution in [3.8, 4) is 0 Å². The van der Waals surface area contributed by atoms with Crippen LogP contribution in [-0.2, 0) is 0 Å². The van der Waals surface area contributed by atoms with E-state index in [-0.39, 0.29) is 34.0 Å². The molecule has 2 rings (SSSR count). The SMILES string of the molecule is Br.Br.c1ccc2scnc2c1. The Balaban J connectivity index is 0.000000500. The third-order valence-electron chi connectivity index (χ3n) is 1.24. The van der Waals surface area contributed by atoms with Crippen LogP contribution in [0.2, 0.25) is 0 Å². The van der Waals surface area contributed by atoms with E-state index in [9.17, 15) is 0 Å². The number of para-hydroxylation sites is 1. The van der Waals surface area contributed by atoms with E-state index in [1.807, 2.05) is 23.7 Å². The molecule has 0 unspecified atom stereocenters. The molecule has 0 aliphatic rings. The van der Waals surface area contributed by atoms with Crippen molar-refractivity contribution in [3.05, 3.63) is 29.8 Å². The van der Waals surface area contributed by atoms with E-state index in [4.69, 9.17) is 0 Å². The van der Waals surface area contributed by atoms with Crippen LogP contribution in [0.1, 0.15) is 0 Å². The molecule has 1 aromatic carbocycles. The third-order valence-corrected chi connectivity index (χ3v) is 2.05. The van der Waals surface area contributed by atoms with Gasteiger partial charge in [-0.2, -0.15) is 0 Å². The first kappa shape index (κ1) is 11.1. The molecule has 0 amide bonds. The zero-order valence-corrected chi connectivity index (χ0v) is 9.80. The summed E-state index contributed by atoms with van der Waals surface area (Å²) >= 11 is 1.68. The molecular weight excluding hydrogens is 290 g/mol. The number of fused-ring (bicyclic) bond motifs is 1. The zero-order chi connectivity index (χ0) is 6.10. The molecule has 1 aromatic heterocycles. The van der Waals surface area contributed by atoms with Crippen molar-refractivity contribution in [1.29, 1.82) is 0 Å². The van der Waals surface area contributed by atoms with Gasteiger partial charge in [-0.15, -0.1) is 45.3 Å². The summed E-state index contributed by atoms with van der Waals surface area (Å²) in [6.07, 6.45) is 0. The number of nitrogens with zero attached hydrogens (tertiary/aromatic N) is 1. The third kappa shape index (κ3) is 2.25. The molecule has 1 heterocycles. The van der Waals surface area contributed by atoms with Crippen molar-refractivity contribution in [2.24, 2.45) is 0 Å². The largest absolute Gasteiger partial charge is 0.245 e. The Morgan fingerprint density at radius 3 is 2.55 bits per heavy atom. The van der Waals surface area contributed by atoms with Crippen LogP contribution in [0.5, 0.6) is 0 Å². The highest BCUT2D eigenvalue weighted by Gasteiger charge is 1.89. The molecule has 0 fully saturated rings. The number of halogens is 2. The maximum Gasteiger partial charge on any atom is 0.0812 e. The van der Waals surface area contributed by atoms with Crippen molar-refractivity contribution >= 4 is 55.5 Å². The molecule has 0 aliphatic heterocycles. The van der Waals surface area contributed by atoms with E-state index in [0.717, 1.165) is 5.52 Å². The second kappa shape index (κ2) is 4.85. The molecule has 11 heavy (non-hydrogen) atoms. The van der Waals surface area contributed by atoms with Crippen LogP contribution in [0.4, 0.5) is 0 Å². The van der Waals surface area contributed by atoms with Crippen LogP contribution in [0.25, 0.3) is 10.2 Å². The summed E-state index contributed by atoms with van der Waals surface area (Å²) in [5.74, 6) is 0. The molecule has 0 saturated carbocycles. The Hall–Kier alpha value is 0.0700. The quantitative estimate of drug-likeness (QED) is 0.726. The second-order valence-electron chi connectivity index (χ2n) is 1.82. The molecule has 1 nitrogen and oxygen atoms in total. The molecule has 60 valence electrons. The van der Waals surface area contributed by atoms with Gasteiger partial charge in [-0.25, -0.2) is 4.98 Å². The summed E-state index contributed by atoms with van der Waals surface area (Å²) in [5, 5.41) is 0. The summed E-state index contributed by atoms with van der Waals surface area (Å²) in [5.41, 5.74) is 2.97. The van der Waals surface area contributed by atoms with Crippen molar-refractivity contribution in [1.82, 2.24) is 4.98 Å². The Morgan fingerprint density at radius 1 is 1.09 bits per heavy atom. The molecule has 0 atom stereocenters. The fourth-order valence-corrected chi connectivity index (χ4v) is 1.48. The molecule has 0 bridgehead atoms. The standard InChI is InChI=1S/C7H5NS.2BrH/c1-2-4-7-6(3-1)8-5-9-7;;/h1-5H;2*1H. The van der Waals surface area contributed by atoms with Gasteiger partial charge < -0.3 is 0 Å². The molecule has 0 spiro atoms. The Bertz CT molecular complexity index is 290. The van der Waals surface area contributed by atoms with Gasteiger partial charge in [0.05, 0.1) is 15.7 Å². The van der Waals surface area contributed by atoms with Gasteiger partial charge in [0.15, 0.2) is 0 Å². The number of aromatic nitrogens is 1. The highest BCUT2D eigenvalue weighted by Crippen LogP contribution is 2.15. The molecule has 0 saturated heterocycles. The minimum Gasteiger partial charge on any atom is -0.245 e. The Labute approximate surface area is 90.0 Å². The Kier molecular flexibility index (Phi) is 4.88. The molecule has 0 radical (unpaired) electrons. The van der Waals surface area contributed by atoms with Gasteiger partial charge in [-0.1, -0.05) is 12.1 Å². The fourth-order valence-electron chi connectivity index (χ4n) is 0.803. The summed E-state index contributed by atoms with van der Waals surface area (Å²) in [6.45, 7) is 0. The predicted molar refractivity (Wildman–Crippen MR) is 60.3 cm³/mol. The minimum atomic E-state index is 0. The number of hydrogen-bond donors (Lipinski definition) is 0. The fraction of sp³-hybridized carbons (Fsp3) is 0. The smallest absolute Gasteiger partial charge is 0.0812 e. The maximum atomic E-state index is 4.14. The summed E-state index contributed by atoms with van der Waals surface area (Å²) < 4.78 is 1.26. The first-order valence-corrected chi connectivity index (χ1v) is 3.63. The van der Waals surface area contributed by atoms with Crippen LogP contribution < -0.4 is 0 Å². The number of benzene rings is 1. The van der Waals surface area contributed by atoms with Crippen molar-refractivity contribution < 1.29 is 0 Å². The van der Waals surface area contributed by atoms with Gasteiger partial charge in [-0.3, -0.25) is 0 Å². The van der Waals surface area contributed by atoms with E-state index in [1.165, 1.54) is 4.70 Å². The maximum absolute atomic E-state index is 4.14. The molecular formula is C7H7Br2NS. The highest BCUT2D eigenvalue weighted by atomic mass is 79.9. The van der Waals surface area contributed by atoms with Crippen LogP contribution in [-0.4, -0.2) is 4.98 Å². The lowest BCUT2D eigenvalue weighted by Gasteiger charge is -1.80. The first-order valence-electron chi connectivity index (χ1n) is 2.75. The van der Waals surface area contributed by atoms with Gasteiger partial charge in [0.2, 0.25) is 0 Å². The van der Waals surface area contributed by atoms with Gasteiger partial charge in [0.1, 0.15) is 0 Å². The lowest BCUT2D eigenvalue weighted by atomic mass is 10.3. The van der Waals surface area contributed by atoms with Crippen LogP contribution in [0, 0.1) is 0 Å². The average Bonchev–Trinajstić information content (AvgIpc) is 2.33. The number of thiazole rings is 1. The van der Waals surface area contributed by atoms with Gasteiger partial charge in [-0.05, 0) is 12.1 Å². The summed E-state index contributed by atoms with van der Waals surface area (Å²) in [7, 11) is 0. The lowest BCUT2D eigenvalue weighted by molar-refractivity contribution is 1.50. The van der Waals surface area contributed by atoms with Gasteiger partial charge >= 0.3 is 0 Å². The minimum absolute atomic E-state index is 0. The first-order chi connectivity index (χ1) is 4.47. The molecule has 0 N–H and O–H groups in total. The Morgan fingerprint density at radius 2 is 1.82 bits per heavy atom. The zero-order valence-electron chi connectivity index (χ0n) is 5.56. The van der Waals surface area contributed by atoms with E-state index in [2.05, 4.69) is 11.1 Å². The van der Waals surface area contributed by atoms with Crippen LogP contribution in [0.3, 0.4) is 0 Å². The number of hydrogen-bond acceptors (Lipinski definition) is 2. The molecule has 0 aliphatic carbocycles. The average molecular weight is 297 g/mol. The van der Waals surface area contributed by atoms with Crippen molar-refractivity contribution in [2.75, 3.05) is 0 Å². The highest BCUT2D eigenvalue weighted by molar-refractivity contribution is 8.93. The van der Waals surface area contributed by atoms with E-state index < -0.39 is 0 Å². The topological polar surface area (TPSA) is 12.9 Å². The lowest BCUT2D eigenvalue weighted by Crippen LogP contribution is -1.61. The van der Waals surface area contributed by atoms with Gasteiger partial charge in [0, 0.05) is 0 Å². The predicted octanol–water partition coefficient (Wildman–Crippen LogP) is 3.45. The summed E-state index contributed by atoms with van der Waals surface area (Å²) in [6, 6.07) is 8.13. The second-order valence-corrected chi connectivity index (χ2v) is 2.71. The van der Waals surface area contributed by atoms with Crippen molar-refractivity contribution in [3.63, 3.8) is 0 Å². The van der Waals surface area contributed by atoms with E-state index in [0.29, 0.717) is 0 Å². The van der Waals surface area contributed by atoms with Crippen LogP contribution >= 0.6 is 45.3 Å². The molecule has 2 aromatic rings. The summed E-state index contributed by atoms with van der Waals surface area (Å²) in [4.78, 5) is 4.14.